The molecule has 0 saturated heterocycles. The molecule has 7 heteroatoms. The van der Waals surface area contributed by atoms with Crippen molar-refractivity contribution in [3.8, 4) is 22.4 Å². The van der Waals surface area contributed by atoms with E-state index >= 15 is 0 Å². The minimum Gasteiger partial charge on any atom is -0.385 e. The van der Waals surface area contributed by atoms with Crippen LogP contribution in [0.15, 0.2) is 60.0 Å². The first-order valence-corrected chi connectivity index (χ1v) is 11.7. The maximum Gasteiger partial charge on any atom is 0.120 e. The smallest absolute Gasteiger partial charge is 0.120 e. The highest BCUT2D eigenvalue weighted by Gasteiger charge is 2.06. The molecule has 0 saturated carbocycles. The van der Waals surface area contributed by atoms with Crippen molar-refractivity contribution in [1.82, 2.24) is 30.9 Å². The van der Waals surface area contributed by atoms with Gasteiger partial charge < -0.3 is 20.9 Å². The van der Waals surface area contributed by atoms with Gasteiger partial charge in [0.25, 0.3) is 0 Å². The lowest BCUT2D eigenvalue weighted by molar-refractivity contribution is 0.655. The SMILES string of the molecule is CCCNCC=N/C=C(\NC)c1ccc(-c2ccc(-c3cnc(CNCCC)[nH]3)cc2)cn1. The van der Waals surface area contributed by atoms with Crippen LogP contribution in [0.2, 0.25) is 0 Å². The first-order valence-electron chi connectivity index (χ1n) is 11.7. The highest BCUT2D eigenvalue weighted by molar-refractivity contribution is 5.70. The summed E-state index contributed by atoms with van der Waals surface area (Å²) < 4.78 is 0. The van der Waals surface area contributed by atoms with Gasteiger partial charge in [-0.3, -0.25) is 9.98 Å². The Hall–Kier alpha value is -3.29. The fraction of sp³-hybridized carbons (Fsp3) is 0.346. The van der Waals surface area contributed by atoms with E-state index in [0.29, 0.717) is 0 Å². The molecule has 0 bridgehead atoms. The van der Waals surface area contributed by atoms with Crippen LogP contribution in [-0.4, -0.2) is 47.8 Å². The Morgan fingerprint density at radius 3 is 2.33 bits per heavy atom. The van der Waals surface area contributed by atoms with Gasteiger partial charge in [0, 0.05) is 31.6 Å². The van der Waals surface area contributed by atoms with Gasteiger partial charge in [0.05, 0.1) is 36.0 Å². The van der Waals surface area contributed by atoms with E-state index in [9.17, 15) is 0 Å². The lowest BCUT2D eigenvalue weighted by Gasteiger charge is -2.07. The van der Waals surface area contributed by atoms with Crippen LogP contribution in [0.25, 0.3) is 28.1 Å². The third-order valence-corrected chi connectivity index (χ3v) is 5.16. The molecule has 0 aliphatic heterocycles. The Labute approximate surface area is 196 Å². The molecule has 174 valence electrons. The summed E-state index contributed by atoms with van der Waals surface area (Å²) in [4.78, 5) is 16.9. The number of aromatic amines is 1. The summed E-state index contributed by atoms with van der Waals surface area (Å²) in [6, 6.07) is 12.6. The van der Waals surface area contributed by atoms with Gasteiger partial charge >= 0.3 is 0 Å². The zero-order valence-corrected chi connectivity index (χ0v) is 19.9. The summed E-state index contributed by atoms with van der Waals surface area (Å²) in [5, 5.41) is 9.83. The molecule has 2 heterocycles. The predicted octanol–water partition coefficient (Wildman–Crippen LogP) is 4.23. The molecule has 33 heavy (non-hydrogen) atoms. The molecule has 0 atom stereocenters. The molecule has 0 radical (unpaired) electrons. The molecule has 1 aromatic carbocycles. The number of hydrogen-bond donors (Lipinski definition) is 4. The Kier molecular flexibility index (Phi) is 9.82. The van der Waals surface area contributed by atoms with E-state index in [2.05, 4.69) is 80.1 Å². The highest BCUT2D eigenvalue weighted by Crippen LogP contribution is 2.24. The zero-order valence-electron chi connectivity index (χ0n) is 19.9. The van der Waals surface area contributed by atoms with E-state index in [1.807, 2.05) is 31.7 Å². The second-order valence-corrected chi connectivity index (χ2v) is 7.76. The van der Waals surface area contributed by atoms with Crippen molar-refractivity contribution in [3.63, 3.8) is 0 Å². The van der Waals surface area contributed by atoms with Crippen LogP contribution in [0.5, 0.6) is 0 Å². The lowest BCUT2D eigenvalue weighted by Crippen LogP contribution is -2.16. The van der Waals surface area contributed by atoms with Gasteiger partial charge in [0.15, 0.2) is 0 Å². The number of hydrogen-bond acceptors (Lipinski definition) is 6. The molecular weight excluding hydrogens is 410 g/mol. The van der Waals surface area contributed by atoms with Crippen molar-refractivity contribution in [3.05, 3.63) is 66.5 Å². The molecule has 4 N–H and O–H groups in total. The van der Waals surface area contributed by atoms with Gasteiger partial charge in [0.2, 0.25) is 0 Å². The minimum atomic E-state index is 0.758. The van der Waals surface area contributed by atoms with E-state index in [-0.39, 0.29) is 0 Å². The van der Waals surface area contributed by atoms with Crippen molar-refractivity contribution < 1.29 is 0 Å². The van der Waals surface area contributed by atoms with E-state index in [1.54, 1.807) is 6.20 Å². The summed E-state index contributed by atoms with van der Waals surface area (Å²) in [7, 11) is 1.88. The summed E-state index contributed by atoms with van der Waals surface area (Å²) in [6.07, 6.45) is 9.69. The molecule has 7 nitrogen and oxygen atoms in total. The van der Waals surface area contributed by atoms with Gasteiger partial charge in [-0.15, -0.1) is 0 Å². The number of aromatic nitrogens is 3. The first kappa shape index (κ1) is 24.4. The van der Waals surface area contributed by atoms with Crippen molar-refractivity contribution in [2.45, 2.75) is 33.2 Å². The Morgan fingerprint density at radius 2 is 1.64 bits per heavy atom. The van der Waals surface area contributed by atoms with Crippen LogP contribution in [-0.2, 0) is 6.54 Å². The lowest BCUT2D eigenvalue weighted by atomic mass is 10.0. The van der Waals surface area contributed by atoms with Gasteiger partial charge in [0.1, 0.15) is 5.82 Å². The molecule has 0 spiro atoms. The average molecular weight is 446 g/mol. The van der Waals surface area contributed by atoms with Gasteiger partial charge in [-0.1, -0.05) is 44.2 Å². The molecule has 0 aliphatic carbocycles. The molecule has 3 aromatic rings. The number of aliphatic imine (C=N–C) groups is 1. The number of H-pyrrole nitrogens is 1. The summed E-state index contributed by atoms with van der Waals surface area (Å²) in [5.74, 6) is 0.956. The van der Waals surface area contributed by atoms with Crippen molar-refractivity contribution in [1.29, 1.82) is 0 Å². The Bertz CT molecular complexity index is 1020. The molecule has 0 fully saturated rings. The van der Waals surface area contributed by atoms with Crippen LogP contribution >= 0.6 is 0 Å². The number of nitrogens with one attached hydrogen (secondary N) is 4. The third kappa shape index (κ3) is 7.37. The minimum absolute atomic E-state index is 0.758. The second kappa shape index (κ2) is 13.3. The first-order chi connectivity index (χ1) is 16.2. The monoisotopic (exact) mass is 445 g/mol. The average Bonchev–Trinajstić information content (AvgIpc) is 3.33. The number of imidazole rings is 1. The topological polar surface area (TPSA) is 90.0 Å². The summed E-state index contributed by atoms with van der Waals surface area (Å²) >= 11 is 0. The number of benzene rings is 1. The molecule has 0 amide bonds. The van der Waals surface area contributed by atoms with Crippen molar-refractivity contribution in [2.75, 3.05) is 26.7 Å². The fourth-order valence-electron chi connectivity index (χ4n) is 3.33. The van der Waals surface area contributed by atoms with Gasteiger partial charge in [-0.2, -0.15) is 0 Å². The standard InChI is InChI=1S/C26H35N7/c1-4-12-28-14-15-30-17-25(27-3)23-11-10-22(16-31-23)20-6-8-21(9-7-20)24-18-32-26(33-24)19-29-13-5-2/h6-11,15-18,27-29H,4-5,12-14,19H2,1-3H3,(H,32,33)/b25-17-,30-15?. The molecule has 0 aliphatic rings. The van der Waals surface area contributed by atoms with Crippen molar-refractivity contribution >= 4 is 11.9 Å². The van der Waals surface area contributed by atoms with E-state index in [0.717, 1.165) is 78.6 Å². The van der Waals surface area contributed by atoms with Crippen LogP contribution in [0.3, 0.4) is 0 Å². The molecular formula is C26H35N7. The molecule has 0 unspecified atom stereocenters. The molecule has 3 rings (SSSR count). The van der Waals surface area contributed by atoms with Crippen LogP contribution in [0.1, 0.15) is 38.2 Å². The second-order valence-electron chi connectivity index (χ2n) is 7.76. The maximum absolute atomic E-state index is 4.63. The van der Waals surface area contributed by atoms with E-state index in [4.69, 9.17) is 0 Å². The summed E-state index contributed by atoms with van der Waals surface area (Å²) in [6.45, 7) is 7.82. The number of pyridine rings is 1. The van der Waals surface area contributed by atoms with Gasteiger partial charge in [-0.25, -0.2) is 4.98 Å². The van der Waals surface area contributed by atoms with Crippen molar-refractivity contribution in [2.24, 2.45) is 4.99 Å². The highest BCUT2D eigenvalue weighted by atomic mass is 15.0. The van der Waals surface area contributed by atoms with E-state index < -0.39 is 0 Å². The van der Waals surface area contributed by atoms with Crippen LogP contribution < -0.4 is 16.0 Å². The van der Waals surface area contributed by atoms with Gasteiger partial charge in [-0.05, 0) is 43.1 Å². The fourth-order valence-corrected chi connectivity index (χ4v) is 3.33. The Balaban J connectivity index is 1.63. The third-order valence-electron chi connectivity index (χ3n) is 5.16. The zero-order chi connectivity index (χ0) is 23.3. The van der Waals surface area contributed by atoms with Crippen LogP contribution in [0, 0.1) is 0 Å². The van der Waals surface area contributed by atoms with Crippen LogP contribution in [0.4, 0.5) is 0 Å². The number of nitrogens with zero attached hydrogens (tertiary/aromatic N) is 3. The normalized spacial score (nSPS) is 11.9. The predicted molar refractivity (Wildman–Crippen MR) is 138 cm³/mol. The number of rotatable bonds is 13. The molecule has 2 aromatic heterocycles. The largest absolute Gasteiger partial charge is 0.385 e. The quantitative estimate of drug-likeness (QED) is 0.234. The maximum atomic E-state index is 4.63. The Morgan fingerprint density at radius 1 is 0.909 bits per heavy atom. The summed E-state index contributed by atoms with van der Waals surface area (Å²) in [5.41, 5.74) is 6.08. The van der Waals surface area contributed by atoms with E-state index in [1.165, 1.54) is 0 Å².